The molecule has 0 unspecified atom stereocenters. The summed E-state index contributed by atoms with van der Waals surface area (Å²) in [6.07, 6.45) is 0. The molecule has 0 amide bonds. The molecule has 1 saturated heterocycles. The molecule has 1 heterocycles. The van der Waals surface area contributed by atoms with Crippen LogP contribution in [-0.4, -0.2) is 25.4 Å². The van der Waals surface area contributed by atoms with Gasteiger partial charge in [0.25, 0.3) is 0 Å². The molecule has 0 radical (unpaired) electrons. The predicted octanol–water partition coefficient (Wildman–Crippen LogP) is 3.71. The van der Waals surface area contributed by atoms with E-state index in [2.05, 4.69) is 0 Å². The first kappa shape index (κ1) is 18.7. The summed E-state index contributed by atoms with van der Waals surface area (Å²) in [5, 5.41) is 0. The van der Waals surface area contributed by atoms with Gasteiger partial charge in [-0.1, -0.05) is 12.1 Å². The lowest BCUT2D eigenvalue weighted by Crippen LogP contribution is -2.41. The second kappa shape index (κ2) is 6.93. The molecule has 138 valence electrons. The van der Waals surface area contributed by atoms with E-state index in [0.717, 1.165) is 5.56 Å². The van der Waals surface area contributed by atoms with Gasteiger partial charge in [-0.05, 0) is 63.0 Å². The Morgan fingerprint density at radius 1 is 0.962 bits per heavy atom. The van der Waals surface area contributed by atoms with Gasteiger partial charge in [0.1, 0.15) is 23.9 Å². The molecule has 0 aliphatic carbocycles. The molecular weight excluding hydrogens is 334 g/mol. The van der Waals surface area contributed by atoms with Crippen molar-refractivity contribution in [3.05, 3.63) is 53.8 Å². The van der Waals surface area contributed by atoms with E-state index < -0.39 is 18.3 Å². The summed E-state index contributed by atoms with van der Waals surface area (Å²) in [6.45, 7) is 8.15. The van der Waals surface area contributed by atoms with Gasteiger partial charge in [-0.25, -0.2) is 4.39 Å². The lowest BCUT2D eigenvalue weighted by atomic mass is 9.76. The average molecular weight is 358 g/mol. The van der Waals surface area contributed by atoms with Crippen molar-refractivity contribution in [3.8, 4) is 11.5 Å². The number of rotatable bonds is 5. The van der Waals surface area contributed by atoms with E-state index in [1.807, 2.05) is 45.9 Å². The average Bonchev–Trinajstić information content (AvgIpc) is 2.81. The van der Waals surface area contributed by atoms with Crippen LogP contribution in [0.15, 0.2) is 42.5 Å². The molecule has 0 spiro atoms. The van der Waals surface area contributed by atoms with Crippen molar-refractivity contribution in [2.24, 2.45) is 0 Å². The van der Waals surface area contributed by atoms with Crippen LogP contribution in [-0.2, 0) is 15.9 Å². The van der Waals surface area contributed by atoms with Crippen molar-refractivity contribution in [2.75, 3.05) is 7.11 Å². The quantitative estimate of drug-likeness (QED) is 0.764. The molecule has 0 aromatic heterocycles. The number of benzene rings is 2. The molecule has 4 nitrogen and oxygen atoms in total. The summed E-state index contributed by atoms with van der Waals surface area (Å²) >= 11 is 0. The maximum absolute atomic E-state index is 13.9. The number of hydrogen-bond donors (Lipinski definition) is 0. The van der Waals surface area contributed by atoms with Gasteiger partial charge in [-0.3, -0.25) is 0 Å². The Morgan fingerprint density at radius 3 is 2.27 bits per heavy atom. The Balaban J connectivity index is 1.83. The minimum atomic E-state index is -0.639. The van der Waals surface area contributed by atoms with Crippen molar-refractivity contribution in [2.45, 2.75) is 45.5 Å². The van der Waals surface area contributed by atoms with Crippen LogP contribution in [0.5, 0.6) is 11.5 Å². The fraction of sp³-hybridized carbons (Fsp3) is 0.400. The molecule has 0 saturated carbocycles. The van der Waals surface area contributed by atoms with Crippen LogP contribution in [0.1, 0.15) is 33.3 Å². The van der Waals surface area contributed by atoms with Crippen LogP contribution in [0.2, 0.25) is 0 Å². The van der Waals surface area contributed by atoms with Gasteiger partial charge >= 0.3 is 7.12 Å². The second-order valence-electron chi connectivity index (χ2n) is 7.40. The van der Waals surface area contributed by atoms with Gasteiger partial charge in [0, 0.05) is 6.07 Å². The minimum Gasteiger partial charge on any atom is -0.497 e. The predicted molar refractivity (Wildman–Crippen MR) is 99.4 cm³/mol. The molecule has 1 aliphatic heterocycles. The monoisotopic (exact) mass is 358 g/mol. The topological polar surface area (TPSA) is 36.9 Å². The molecule has 0 bridgehead atoms. The van der Waals surface area contributed by atoms with Crippen molar-refractivity contribution in [1.82, 2.24) is 0 Å². The Hall–Kier alpha value is -2.05. The highest BCUT2D eigenvalue weighted by molar-refractivity contribution is 6.62. The lowest BCUT2D eigenvalue weighted by Gasteiger charge is -2.32. The summed E-state index contributed by atoms with van der Waals surface area (Å²) < 4.78 is 37.1. The fourth-order valence-corrected chi connectivity index (χ4v) is 2.74. The van der Waals surface area contributed by atoms with E-state index in [4.69, 9.17) is 18.8 Å². The van der Waals surface area contributed by atoms with Crippen LogP contribution in [0.4, 0.5) is 4.39 Å². The van der Waals surface area contributed by atoms with Gasteiger partial charge in [-0.2, -0.15) is 0 Å². The summed E-state index contributed by atoms with van der Waals surface area (Å²) in [4.78, 5) is 0. The fourth-order valence-electron chi connectivity index (χ4n) is 2.74. The first-order valence-corrected chi connectivity index (χ1v) is 8.63. The first-order chi connectivity index (χ1) is 12.2. The van der Waals surface area contributed by atoms with Crippen molar-refractivity contribution in [1.29, 1.82) is 0 Å². The summed E-state index contributed by atoms with van der Waals surface area (Å²) in [5.41, 5.74) is 0.475. The van der Waals surface area contributed by atoms with Crippen LogP contribution >= 0.6 is 0 Å². The van der Waals surface area contributed by atoms with Gasteiger partial charge in [0.05, 0.1) is 18.3 Å². The molecule has 26 heavy (non-hydrogen) atoms. The second-order valence-corrected chi connectivity index (χ2v) is 7.40. The molecule has 2 aromatic carbocycles. The SMILES string of the molecule is COc1cccc(OCc2ccc(F)cc2B2OC(C)(C)C(C)(C)O2)c1. The summed E-state index contributed by atoms with van der Waals surface area (Å²) in [5.74, 6) is 1.06. The van der Waals surface area contributed by atoms with E-state index in [1.54, 1.807) is 19.2 Å². The Bertz CT molecular complexity index is 775. The zero-order valence-corrected chi connectivity index (χ0v) is 15.8. The molecule has 0 N–H and O–H groups in total. The van der Waals surface area contributed by atoms with Crippen LogP contribution < -0.4 is 14.9 Å². The number of ether oxygens (including phenoxy) is 2. The smallest absolute Gasteiger partial charge is 0.495 e. The maximum Gasteiger partial charge on any atom is 0.495 e. The van der Waals surface area contributed by atoms with E-state index in [9.17, 15) is 4.39 Å². The molecule has 1 fully saturated rings. The van der Waals surface area contributed by atoms with E-state index in [0.29, 0.717) is 17.0 Å². The van der Waals surface area contributed by atoms with E-state index >= 15 is 0 Å². The maximum atomic E-state index is 13.9. The normalized spacial score (nSPS) is 18.0. The van der Waals surface area contributed by atoms with E-state index in [-0.39, 0.29) is 12.4 Å². The Kier molecular flexibility index (Phi) is 4.99. The standard InChI is InChI=1S/C20H24BFO4/c1-19(2)20(3,4)26-21(25-19)18-11-15(22)10-9-14(18)13-24-17-8-6-7-16(12-17)23-5/h6-12H,13H2,1-5H3. The zero-order valence-electron chi connectivity index (χ0n) is 15.8. The Morgan fingerprint density at radius 2 is 1.62 bits per heavy atom. The van der Waals surface area contributed by atoms with Crippen LogP contribution in [0.3, 0.4) is 0 Å². The summed E-state index contributed by atoms with van der Waals surface area (Å²) in [6, 6.07) is 11.9. The third-order valence-corrected chi connectivity index (χ3v) is 5.05. The third kappa shape index (κ3) is 3.71. The van der Waals surface area contributed by atoms with Gasteiger partial charge < -0.3 is 18.8 Å². The zero-order chi connectivity index (χ0) is 18.9. The highest BCUT2D eigenvalue weighted by Gasteiger charge is 2.52. The highest BCUT2D eigenvalue weighted by atomic mass is 19.1. The lowest BCUT2D eigenvalue weighted by molar-refractivity contribution is 0.00578. The molecule has 2 aromatic rings. The number of methoxy groups -OCH3 is 1. The molecule has 3 rings (SSSR count). The molecular formula is C20H24BFO4. The van der Waals surface area contributed by atoms with Gasteiger partial charge in [0.15, 0.2) is 0 Å². The van der Waals surface area contributed by atoms with Crippen molar-refractivity contribution >= 4 is 12.6 Å². The van der Waals surface area contributed by atoms with Crippen LogP contribution in [0.25, 0.3) is 0 Å². The Labute approximate surface area is 154 Å². The highest BCUT2D eigenvalue weighted by Crippen LogP contribution is 2.36. The number of hydrogen-bond acceptors (Lipinski definition) is 4. The van der Waals surface area contributed by atoms with Crippen molar-refractivity contribution < 1.29 is 23.2 Å². The molecule has 1 aliphatic rings. The molecule has 6 heteroatoms. The van der Waals surface area contributed by atoms with Gasteiger partial charge in [0.2, 0.25) is 0 Å². The largest absolute Gasteiger partial charge is 0.497 e. The first-order valence-electron chi connectivity index (χ1n) is 8.63. The van der Waals surface area contributed by atoms with E-state index in [1.165, 1.54) is 12.1 Å². The minimum absolute atomic E-state index is 0.271. The van der Waals surface area contributed by atoms with Crippen LogP contribution in [0, 0.1) is 5.82 Å². The summed E-state index contributed by atoms with van der Waals surface area (Å²) in [7, 11) is 0.967. The van der Waals surface area contributed by atoms with Crippen molar-refractivity contribution in [3.63, 3.8) is 0 Å². The van der Waals surface area contributed by atoms with Gasteiger partial charge in [-0.15, -0.1) is 0 Å². The molecule has 0 atom stereocenters. The number of halogens is 1. The third-order valence-electron chi connectivity index (χ3n) is 5.05.